The van der Waals surface area contributed by atoms with Gasteiger partial charge in [0.2, 0.25) is 0 Å². The molecule has 0 bridgehead atoms. The van der Waals surface area contributed by atoms with Crippen LogP contribution in [0.2, 0.25) is 6.04 Å². The van der Waals surface area contributed by atoms with Crippen molar-refractivity contribution in [2.45, 2.75) is 64.2 Å². The fraction of sp³-hybridized carbons (Fsp3) is 1.00. The molecule has 16 heavy (non-hydrogen) atoms. The van der Waals surface area contributed by atoms with Crippen molar-refractivity contribution in [2.24, 2.45) is 5.92 Å². The fourth-order valence-corrected chi connectivity index (χ4v) is 2.90. The van der Waals surface area contributed by atoms with Gasteiger partial charge >= 0.3 is 0 Å². The van der Waals surface area contributed by atoms with Gasteiger partial charge in [0.1, 0.15) is 0 Å². The maximum Gasteiger partial charge on any atom is 0.0623 e. The number of ether oxygens (including phenoxy) is 2. The molecule has 0 N–H and O–H groups in total. The van der Waals surface area contributed by atoms with Crippen LogP contribution in [0, 0.1) is 5.92 Å². The topological polar surface area (TPSA) is 18.5 Å². The molecular formula is C13H28O2Si. The van der Waals surface area contributed by atoms with Gasteiger partial charge in [-0.3, -0.25) is 0 Å². The van der Waals surface area contributed by atoms with E-state index in [1.807, 2.05) is 0 Å². The highest BCUT2D eigenvalue weighted by Crippen LogP contribution is 2.25. The summed E-state index contributed by atoms with van der Waals surface area (Å²) in [6.07, 6.45) is 7.14. The van der Waals surface area contributed by atoms with Gasteiger partial charge in [0.25, 0.3) is 0 Å². The van der Waals surface area contributed by atoms with Gasteiger partial charge in [0.05, 0.1) is 12.2 Å². The van der Waals surface area contributed by atoms with E-state index in [0.29, 0.717) is 18.1 Å². The lowest BCUT2D eigenvalue weighted by molar-refractivity contribution is -0.0933. The van der Waals surface area contributed by atoms with E-state index in [4.69, 9.17) is 9.47 Å². The van der Waals surface area contributed by atoms with Crippen LogP contribution in [0.15, 0.2) is 0 Å². The van der Waals surface area contributed by atoms with E-state index in [9.17, 15) is 0 Å². The number of rotatable bonds is 9. The number of hydrogen-bond donors (Lipinski definition) is 0. The summed E-state index contributed by atoms with van der Waals surface area (Å²) in [5, 5.41) is 0. The lowest BCUT2D eigenvalue weighted by Crippen LogP contribution is -2.35. The van der Waals surface area contributed by atoms with Crippen LogP contribution in [0.25, 0.3) is 0 Å². The molecule has 0 saturated carbocycles. The molecule has 0 radical (unpaired) electrons. The summed E-state index contributed by atoms with van der Waals surface area (Å²) in [6.45, 7) is 6.45. The van der Waals surface area contributed by atoms with Gasteiger partial charge in [-0.1, -0.05) is 26.3 Å². The Morgan fingerprint density at radius 1 is 1.50 bits per heavy atom. The van der Waals surface area contributed by atoms with Gasteiger partial charge in [-0.2, -0.15) is 0 Å². The molecule has 0 aromatic rings. The Hall–Kier alpha value is 0.137. The Morgan fingerprint density at radius 2 is 2.25 bits per heavy atom. The van der Waals surface area contributed by atoms with E-state index in [-0.39, 0.29) is 0 Å². The second kappa shape index (κ2) is 8.26. The minimum absolute atomic E-state index is 0.489. The van der Waals surface area contributed by atoms with Crippen molar-refractivity contribution in [1.82, 2.24) is 0 Å². The van der Waals surface area contributed by atoms with Gasteiger partial charge < -0.3 is 9.47 Å². The summed E-state index contributed by atoms with van der Waals surface area (Å²) in [5.41, 5.74) is 0. The highest BCUT2D eigenvalue weighted by atomic mass is 28.1. The SMILES string of the molecule is CCCCOC(CC[SiH3])CC(C)C1CCO1. The van der Waals surface area contributed by atoms with E-state index < -0.39 is 0 Å². The molecule has 0 aromatic heterocycles. The normalized spacial score (nSPS) is 24.0. The van der Waals surface area contributed by atoms with Crippen LogP contribution < -0.4 is 0 Å². The van der Waals surface area contributed by atoms with Crippen molar-refractivity contribution in [1.29, 1.82) is 0 Å². The molecule has 0 aliphatic carbocycles. The van der Waals surface area contributed by atoms with Crippen LogP contribution in [0.1, 0.15) is 46.0 Å². The summed E-state index contributed by atoms with van der Waals surface area (Å²) in [4.78, 5) is 0. The molecule has 96 valence electrons. The molecule has 1 heterocycles. The summed E-state index contributed by atoms with van der Waals surface area (Å²) in [5.74, 6) is 0.675. The Kier molecular flexibility index (Phi) is 7.33. The molecule has 1 saturated heterocycles. The summed E-state index contributed by atoms with van der Waals surface area (Å²) >= 11 is 0. The molecule has 1 fully saturated rings. The summed E-state index contributed by atoms with van der Waals surface area (Å²) in [6, 6.07) is 1.36. The molecule has 3 heteroatoms. The molecule has 0 spiro atoms. The lowest BCUT2D eigenvalue weighted by Gasteiger charge is -2.33. The molecule has 0 amide bonds. The highest BCUT2D eigenvalue weighted by molar-refractivity contribution is 6.08. The van der Waals surface area contributed by atoms with Gasteiger partial charge in [-0.05, 0) is 31.6 Å². The highest BCUT2D eigenvalue weighted by Gasteiger charge is 2.27. The third-order valence-corrected chi connectivity index (χ3v) is 4.04. The average molecular weight is 244 g/mol. The minimum Gasteiger partial charge on any atom is -0.378 e. The molecule has 1 rings (SSSR count). The van der Waals surface area contributed by atoms with Crippen LogP contribution in [0.5, 0.6) is 0 Å². The minimum atomic E-state index is 0.489. The largest absolute Gasteiger partial charge is 0.378 e. The van der Waals surface area contributed by atoms with E-state index in [0.717, 1.165) is 13.2 Å². The van der Waals surface area contributed by atoms with Crippen molar-refractivity contribution >= 4 is 10.2 Å². The smallest absolute Gasteiger partial charge is 0.0623 e. The van der Waals surface area contributed by atoms with Crippen molar-refractivity contribution in [3.05, 3.63) is 0 Å². The van der Waals surface area contributed by atoms with Crippen LogP contribution in [-0.2, 0) is 9.47 Å². The third-order valence-electron chi connectivity index (χ3n) is 3.47. The van der Waals surface area contributed by atoms with Crippen LogP contribution in [0.4, 0.5) is 0 Å². The summed E-state index contributed by atoms with van der Waals surface area (Å²) < 4.78 is 11.5. The van der Waals surface area contributed by atoms with Crippen molar-refractivity contribution < 1.29 is 9.47 Å². The molecule has 1 aliphatic heterocycles. The zero-order valence-electron chi connectivity index (χ0n) is 11.2. The zero-order chi connectivity index (χ0) is 11.8. The molecule has 3 unspecified atom stereocenters. The Balaban J connectivity index is 2.19. The average Bonchev–Trinajstić information content (AvgIpc) is 2.15. The third kappa shape index (κ3) is 4.98. The fourth-order valence-electron chi connectivity index (χ4n) is 2.25. The first-order valence-corrected chi connectivity index (χ1v) is 8.42. The standard InChI is InChI=1S/C13H28O2Si/c1-3-4-7-14-12(6-9-16)10-11(2)13-5-8-15-13/h11-13H,3-10H2,1-2,16H3. The van der Waals surface area contributed by atoms with Crippen molar-refractivity contribution in [3.8, 4) is 0 Å². The second-order valence-corrected chi connectivity index (χ2v) is 6.05. The number of hydrogen-bond acceptors (Lipinski definition) is 2. The quantitative estimate of drug-likeness (QED) is 0.457. The first-order valence-electron chi connectivity index (χ1n) is 7.01. The first-order chi connectivity index (χ1) is 7.77. The van der Waals surface area contributed by atoms with E-state index >= 15 is 0 Å². The van der Waals surface area contributed by atoms with E-state index in [1.165, 1.54) is 48.4 Å². The molecule has 1 aliphatic rings. The molecule has 2 nitrogen and oxygen atoms in total. The lowest BCUT2D eigenvalue weighted by atomic mass is 9.92. The Labute approximate surface area is 104 Å². The van der Waals surface area contributed by atoms with E-state index in [1.54, 1.807) is 0 Å². The predicted molar refractivity (Wildman–Crippen MR) is 72.1 cm³/mol. The van der Waals surface area contributed by atoms with Crippen molar-refractivity contribution in [2.75, 3.05) is 13.2 Å². The maximum atomic E-state index is 5.98. The second-order valence-electron chi connectivity index (χ2n) is 5.05. The van der Waals surface area contributed by atoms with Crippen molar-refractivity contribution in [3.63, 3.8) is 0 Å². The van der Waals surface area contributed by atoms with Crippen LogP contribution in [0.3, 0.4) is 0 Å². The molecular weight excluding hydrogens is 216 g/mol. The van der Waals surface area contributed by atoms with Gasteiger partial charge in [-0.25, -0.2) is 0 Å². The Bertz CT molecular complexity index is 171. The van der Waals surface area contributed by atoms with Gasteiger partial charge in [-0.15, -0.1) is 0 Å². The molecule has 3 atom stereocenters. The predicted octanol–water partition coefficient (Wildman–Crippen LogP) is 2.16. The summed E-state index contributed by atoms with van der Waals surface area (Å²) in [7, 11) is 1.30. The monoisotopic (exact) mass is 244 g/mol. The zero-order valence-corrected chi connectivity index (χ0v) is 13.2. The van der Waals surface area contributed by atoms with Crippen LogP contribution in [-0.4, -0.2) is 35.7 Å². The Morgan fingerprint density at radius 3 is 2.75 bits per heavy atom. The van der Waals surface area contributed by atoms with Gasteiger partial charge in [0.15, 0.2) is 0 Å². The maximum absolute atomic E-state index is 5.98. The van der Waals surface area contributed by atoms with Crippen LogP contribution >= 0.6 is 0 Å². The molecule has 0 aromatic carbocycles. The van der Waals surface area contributed by atoms with Gasteiger partial charge in [0, 0.05) is 23.5 Å². The first kappa shape index (κ1) is 14.2. The number of unbranched alkanes of at least 4 members (excludes halogenated alkanes) is 1. The van der Waals surface area contributed by atoms with E-state index in [2.05, 4.69) is 13.8 Å².